The number of anilines is 1. The lowest BCUT2D eigenvalue weighted by Gasteiger charge is -2.34. The van der Waals surface area contributed by atoms with Crippen LogP contribution in [0.1, 0.15) is 55.9 Å². The van der Waals surface area contributed by atoms with Crippen molar-refractivity contribution < 1.29 is 18.0 Å². The summed E-state index contributed by atoms with van der Waals surface area (Å²) in [6.45, 7) is 9.25. The molecular weight excluding hydrogens is 618 g/mol. The van der Waals surface area contributed by atoms with E-state index in [-0.39, 0.29) is 35.7 Å². The molecule has 0 saturated heterocycles. The highest BCUT2D eigenvalue weighted by Gasteiger charge is 2.35. The minimum absolute atomic E-state index is 0.0487. The molecule has 1 N–H and O–H groups in total. The van der Waals surface area contributed by atoms with Crippen molar-refractivity contribution in [3.63, 3.8) is 0 Å². The zero-order valence-corrected chi connectivity index (χ0v) is 28.6. The highest BCUT2D eigenvalue weighted by atomic mass is 35.5. The molecule has 0 fully saturated rings. The Labute approximate surface area is 278 Å². The van der Waals surface area contributed by atoms with Crippen molar-refractivity contribution >= 4 is 39.1 Å². The van der Waals surface area contributed by atoms with E-state index >= 15 is 0 Å². The third-order valence-corrected chi connectivity index (χ3v) is 9.70. The molecule has 4 rings (SSSR count). The van der Waals surface area contributed by atoms with Gasteiger partial charge in [0.05, 0.1) is 10.6 Å². The molecule has 46 heavy (non-hydrogen) atoms. The molecule has 0 aliphatic rings. The molecule has 0 radical (unpaired) electrons. The van der Waals surface area contributed by atoms with Crippen molar-refractivity contribution in [2.45, 2.75) is 70.5 Å². The van der Waals surface area contributed by atoms with Gasteiger partial charge in [-0.05, 0) is 79.8 Å². The lowest BCUT2D eigenvalue weighted by Crippen LogP contribution is -2.54. The number of carbonyl (C=O) groups excluding carboxylic acids is 2. The van der Waals surface area contributed by atoms with Crippen LogP contribution in [0.15, 0.2) is 108 Å². The highest BCUT2D eigenvalue weighted by Crippen LogP contribution is 2.27. The van der Waals surface area contributed by atoms with Crippen molar-refractivity contribution in [2.24, 2.45) is 0 Å². The lowest BCUT2D eigenvalue weighted by molar-refractivity contribution is -0.140. The van der Waals surface area contributed by atoms with Crippen LogP contribution >= 0.6 is 11.6 Å². The van der Waals surface area contributed by atoms with Crippen molar-refractivity contribution in [3.05, 3.63) is 130 Å². The van der Waals surface area contributed by atoms with Gasteiger partial charge in [0.1, 0.15) is 12.6 Å². The number of sulfonamides is 1. The number of benzene rings is 4. The van der Waals surface area contributed by atoms with Crippen LogP contribution in [0.5, 0.6) is 0 Å². The summed E-state index contributed by atoms with van der Waals surface area (Å²) in [6, 6.07) is 29.2. The number of rotatable bonds is 13. The molecule has 0 bridgehead atoms. The van der Waals surface area contributed by atoms with Gasteiger partial charge >= 0.3 is 0 Å². The van der Waals surface area contributed by atoms with Gasteiger partial charge in [0.2, 0.25) is 11.8 Å². The fourth-order valence-corrected chi connectivity index (χ4v) is 6.79. The Morgan fingerprint density at radius 3 is 2.02 bits per heavy atom. The summed E-state index contributed by atoms with van der Waals surface area (Å²) in [5.41, 5.74) is 3.88. The first-order valence-electron chi connectivity index (χ1n) is 15.4. The molecular formula is C37H42ClN3O4S. The predicted octanol–water partition coefficient (Wildman–Crippen LogP) is 7.13. The zero-order valence-electron chi connectivity index (χ0n) is 27.0. The Bertz CT molecular complexity index is 1720. The fraction of sp³-hybridized carbons (Fsp3) is 0.297. The van der Waals surface area contributed by atoms with Gasteiger partial charge in [-0.25, -0.2) is 8.42 Å². The highest BCUT2D eigenvalue weighted by molar-refractivity contribution is 7.92. The second-order valence-corrected chi connectivity index (χ2v) is 14.4. The van der Waals surface area contributed by atoms with E-state index in [0.29, 0.717) is 16.3 Å². The van der Waals surface area contributed by atoms with Crippen LogP contribution in [0.25, 0.3) is 0 Å². The Balaban J connectivity index is 1.81. The van der Waals surface area contributed by atoms with E-state index < -0.39 is 28.5 Å². The quantitative estimate of drug-likeness (QED) is 0.165. The summed E-state index contributed by atoms with van der Waals surface area (Å²) in [4.78, 5) is 29.9. The number of amides is 2. The maximum absolute atomic E-state index is 14.6. The number of nitrogens with zero attached hydrogens (tertiary/aromatic N) is 2. The third kappa shape index (κ3) is 8.98. The van der Waals surface area contributed by atoms with Gasteiger partial charge in [-0.15, -0.1) is 0 Å². The van der Waals surface area contributed by atoms with E-state index in [1.165, 1.54) is 4.90 Å². The lowest BCUT2D eigenvalue weighted by atomic mass is 10.0. The van der Waals surface area contributed by atoms with Gasteiger partial charge in [0.15, 0.2) is 0 Å². The van der Waals surface area contributed by atoms with Crippen LogP contribution < -0.4 is 9.62 Å². The number of nitrogens with one attached hydrogen (secondary N) is 1. The maximum Gasteiger partial charge on any atom is 0.264 e. The summed E-state index contributed by atoms with van der Waals surface area (Å²) >= 11 is 6.32. The largest absolute Gasteiger partial charge is 0.352 e. The average Bonchev–Trinajstić information content (AvgIpc) is 3.02. The molecule has 1 atom stereocenters. The maximum atomic E-state index is 14.6. The molecule has 4 aromatic carbocycles. The smallest absolute Gasteiger partial charge is 0.264 e. The molecule has 9 heteroatoms. The molecule has 0 saturated carbocycles. The summed E-state index contributed by atoms with van der Waals surface area (Å²) in [5, 5.41) is 3.46. The Morgan fingerprint density at radius 1 is 0.804 bits per heavy atom. The molecule has 4 aromatic rings. The fourth-order valence-electron chi connectivity index (χ4n) is 5.16. The first-order chi connectivity index (χ1) is 21.8. The van der Waals surface area contributed by atoms with Crippen LogP contribution in [0.3, 0.4) is 0 Å². The molecule has 0 heterocycles. The molecule has 0 spiro atoms. The summed E-state index contributed by atoms with van der Waals surface area (Å²) in [7, 11) is -4.17. The normalized spacial score (nSPS) is 12.2. The van der Waals surface area contributed by atoms with Crippen LogP contribution in [-0.4, -0.2) is 43.8 Å². The third-order valence-electron chi connectivity index (χ3n) is 7.68. The first kappa shape index (κ1) is 34.7. The van der Waals surface area contributed by atoms with Gasteiger partial charge in [0.25, 0.3) is 10.0 Å². The van der Waals surface area contributed by atoms with Crippen molar-refractivity contribution in [3.8, 4) is 0 Å². The molecule has 7 nitrogen and oxygen atoms in total. The van der Waals surface area contributed by atoms with Gasteiger partial charge in [-0.1, -0.05) is 97.7 Å². The van der Waals surface area contributed by atoms with E-state index in [0.717, 1.165) is 21.0 Å². The van der Waals surface area contributed by atoms with Gasteiger partial charge in [-0.3, -0.25) is 13.9 Å². The van der Waals surface area contributed by atoms with Gasteiger partial charge in [-0.2, -0.15) is 0 Å². The monoisotopic (exact) mass is 659 g/mol. The Morgan fingerprint density at radius 2 is 1.43 bits per heavy atom. The predicted molar refractivity (Wildman–Crippen MR) is 185 cm³/mol. The van der Waals surface area contributed by atoms with Gasteiger partial charge < -0.3 is 10.2 Å². The second kappa shape index (κ2) is 15.4. The minimum Gasteiger partial charge on any atom is -0.352 e. The molecule has 242 valence electrons. The van der Waals surface area contributed by atoms with Crippen molar-refractivity contribution in [1.29, 1.82) is 0 Å². The molecule has 0 aliphatic carbocycles. The SMILES string of the molecule is Cc1ccc(S(=O)(=O)N(CC(=O)N(Cc2cccc(Cl)c2)[C@@H](Cc2ccccc2)C(=O)NC(C)C)c2ccc(C(C)C)cc2)cc1. The van der Waals surface area contributed by atoms with Crippen LogP contribution in [-0.2, 0) is 32.6 Å². The number of aryl methyl sites for hydroxylation is 1. The van der Waals surface area contributed by atoms with Crippen LogP contribution in [0.4, 0.5) is 5.69 Å². The van der Waals surface area contributed by atoms with Crippen molar-refractivity contribution in [1.82, 2.24) is 10.2 Å². The summed E-state index contributed by atoms with van der Waals surface area (Å²) < 4.78 is 29.6. The zero-order chi connectivity index (χ0) is 33.4. The van der Waals surface area contributed by atoms with Gasteiger partial charge in [0, 0.05) is 24.0 Å². The first-order valence-corrected chi connectivity index (χ1v) is 17.2. The number of halogens is 1. The minimum atomic E-state index is -4.17. The number of hydrogen-bond acceptors (Lipinski definition) is 4. The van der Waals surface area contributed by atoms with E-state index in [4.69, 9.17) is 11.6 Å². The summed E-state index contributed by atoms with van der Waals surface area (Å²) in [5.74, 6) is -0.615. The molecule has 0 unspecified atom stereocenters. The van der Waals surface area contributed by atoms with E-state index in [9.17, 15) is 18.0 Å². The number of hydrogen-bond donors (Lipinski definition) is 1. The molecule has 0 aliphatic heterocycles. The number of carbonyl (C=O) groups is 2. The van der Waals surface area contributed by atoms with E-state index in [2.05, 4.69) is 19.2 Å². The Kier molecular flexibility index (Phi) is 11.7. The molecule has 2 amide bonds. The summed E-state index contributed by atoms with van der Waals surface area (Å²) in [6.07, 6.45) is 0.236. The van der Waals surface area contributed by atoms with Crippen molar-refractivity contribution in [2.75, 3.05) is 10.8 Å². The van der Waals surface area contributed by atoms with E-state index in [1.807, 2.05) is 69.3 Å². The van der Waals surface area contributed by atoms with E-state index in [1.54, 1.807) is 54.6 Å². The Hall–Kier alpha value is -4.14. The van der Waals surface area contributed by atoms with Crippen LogP contribution in [0.2, 0.25) is 5.02 Å². The second-order valence-electron chi connectivity index (χ2n) is 12.1. The average molecular weight is 660 g/mol. The topological polar surface area (TPSA) is 86.8 Å². The van der Waals surface area contributed by atoms with Crippen LogP contribution in [0, 0.1) is 6.92 Å². The standard InChI is InChI=1S/C37H42ClN3O4S/c1-26(2)31-16-18-33(19-17-31)41(46(44,45)34-20-14-28(5)15-21-34)25-36(42)40(24-30-12-9-13-32(38)22-30)35(37(43)39-27(3)4)23-29-10-7-6-8-11-29/h6-22,26-27,35H,23-25H2,1-5H3,(H,39,43)/t35-/m0/s1. The molecule has 0 aromatic heterocycles.